The summed E-state index contributed by atoms with van der Waals surface area (Å²) in [5, 5.41) is 0. The number of methoxy groups -OCH3 is 3. The van der Waals surface area contributed by atoms with E-state index in [1.807, 2.05) is 29.2 Å². The molecule has 0 aliphatic carbocycles. The number of esters is 1. The van der Waals surface area contributed by atoms with Crippen LogP contribution in [0.5, 0.6) is 11.5 Å². The average Bonchev–Trinajstić information content (AvgIpc) is 3.00. The van der Waals surface area contributed by atoms with E-state index in [4.69, 9.17) is 19.2 Å². The molecule has 1 unspecified atom stereocenters. The predicted molar refractivity (Wildman–Crippen MR) is 150 cm³/mol. The number of benzene rings is 3. The number of nitrogens with zero attached hydrogens (tertiary/aromatic N) is 4. The van der Waals surface area contributed by atoms with Crippen molar-refractivity contribution in [1.29, 1.82) is 0 Å². The number of piperazine rings is 1. The van der Waals surface area contributed by atoms with Gasteiger partial charge in [-0.05, 0) is 48.5 Å². The van der Waals surface area contributed by atoms with Gasteiger partial charge < -0.3 is 28.9 Å². The molecule has 0 spiro atoms. The van der Waals surface area contributed by atoms with Gasteiger partial charge in [-0.3, -0.25) is 4.79 Å². The van der Waals surface area contributed by atoms with Crippen molar-refractivity contribution in [2.75, 3.05) is 57.3 Å². The molecule has 2 aliphatic heterocycles. The molecule has 3 aromatic carbocycles. The summed E-state index contributed by atoms with van der Waals surface area (Å²) in [6.07, 6.45) is -4.91. The van der Waals surface area contributed by atoms with Gasteiger partial charge in [0.2, 0.25) is 5.96 Å². The predicted octanol–water partition coefficient (Wildman–Crippen LogP) is 5.80. The Hall–Kier alpha value is -4.48. The van der Waals surface area contributed by atoms with Gasteiger partial charge in [0, 0.05) is 43.5 Å². The third kappa shape index (κ3) is 5.79. The zero-order valence-corrected chi connectivity index (χ0v) is 23.3. The number of guanidine groups is 1. The lowest BCUT2D eigenvalue weighted by atomic mass is 9.96. The number of aliphatic imine (C=N–C) groups is 1. The van der Waals surface area contributed by atoms with Gasteiger partial charge in [0.1, 0.15) is 17.3 Å². The number of halogens is 4. The van der Waals surface area contributed by atoms with Crippen LogP contribution in [0.2, 0.25) is 0 Å². The summed E-state index contributed by atoms with van der Waals surface area (Å²) in [5.74, 6) is 0.00984. The lowest BCUT2D eigenvalue weighted by Gasteiger charge is -2.45. The number of rotatable bonds is 6. The van der Waals surface area contributed by atoms with Gasteiger partial charge in [-0.25, -0.2) is 9.38 Å². The van der Waals surface area contributed by atoms with Crippen LogP contribution >= 0.6 is 0 Å². The first-order valence-corrected chi connectivity index (χ1v) is 13.3. The van der Waals surface area contributed by atoms with E-state index in [2.05, 4.69) is 4.90 Å². The van der Waals surface area contributed by atoms with Crippen LogP contribution < -0.4 is 19.3 Å². The highest BCUT2D eigenvalue weighted by molar-refractivity contribution is 6.02. The van der Waals surface area contributed by atoms with Crippen LogP contribution in [0.1, 0.15) is 23.6 Å². The molecule has 3 aromatic rings. The molecular formula is C30H30F4N4O4. The topological polar surface area (TPSA) is 66.8 Å². The molecular weight excluding hydrogens is 556 g/mol. The molecule has 8 nitrogen and oxygen atoms in total. The molecule has 0 amide bonds. The Morgan fingerprint density at radius 3 is 2.33 bits per heavy atom. The minimum absolute atomic E-state index is 0.0464. The SMILES string of the molecule is COC(=O)CC1c2cc(F)ccc2N=C(N2CCN(c3cccc(OC)c3)CC2)N1c1cc(C(F)(F)F)ccc1OC. The summed E-state index contributed by atoms with van der Waals surface area (Å²) >= 11 is 0. The fourth-order valence-corrected chi connectivity index (χ4v) is 5.30. The number of carbonyl (C=O) groups excluding carboxylic acids is 1. The Labute approximate surface area is 240 Å². The molecule has 1 fully saturated rings. The Balaban J connectivity index is 1.60. The van der Waals surface area contributed by atoms with E-state index < -0.39 is 29.6 Å². The quantitative estimate of drug-likeness (QED) is 0.267. The van der Waals surface area contributed by atoms with E-state index in [9.17, 15) is 22.4 Å². The second-order valence-electron chi connectivity index (χ2n) is 9.84. The second kappa shape index (κ2) is 11.8. The third-order valence-electron chi connectivity index (χ3n) is 7.43. The smallest absolute Gasteiger partial charge is 0.416 e. The normalized spacial score (nSPS) is 17.0. The summed E-state index contributed by atoms with van der Waals surface area (Å²) in [6, 6.07) is 13.9. The molecule has 0 radical (unpaired) electrons. The van der Waals surface area contributed by atoms with Crippen molar-refractivity contribution in [2.24, 2.45) is 4.99 Å². The largest absolute Gasteiger partial charge is 0.497 e. The van der Waals surface area contributed by atoms with Gasteiger partial charge in [0.15, 0.2) is 0 Å². The van der Waals surface area contributed by atoms with Crippen molar-refractivity contribution in [3.05, 3.63) is 77.6 Å². The molecule has 1 atom stereocenters. The van der Waals surface area contributed by atoms with Gasteiger partial charge in [-0.15, -0.1) is 0 Å². The van der Waals surface area contributed by atoms with Crippen molar-refractivity contribution >= 4 is 29.0 Å². The molecule has 1 saturated heterocycles. The molecule has 0 aromatic heterocycles. The monoisotopic (exact) mass is 586 g/mol. The number of hydrogen-bond acceptors (Lipinski definition) is 8. The van der Waals surface area contributed by atoms with Crippen molar-refractivity contribution in [3.63, 3.8) is 0 Å². The number of ether oxygens (including phenoxy) is 3. The maximum absolute atomic E-state index is 14.5. The summed E-state index contributed by atoms with van der Waals surface area (Å²) in [5.41, 5.74) is 0.879. The number of hydrogen-bond donors (Lipinski definition) is 0. The van der Waals surface area contributed by atoms with Gasteiger partial charge in [-0.2, -0.15) is 13.2 Å². The summed E-state index contributed by atoms with van der Waals surface area (Å²) in [6.45, 7) is 2.10. The maximum atomic E-state index is 14.5. The van der Waals surface area contributed by atoms with Gasteiger partial charge >= 0.3 is 12.1 Å². The standard InChI is InChI=1S/C30H30F4N4O4/c1-40-22-6-4-5-21(17-22)36-11-13-37(14-12-36)29-35-24-9-8-20(31)16-23(24)25(18-28(39)42-3)38(29)26-15-19(30(32,33)34)7-10-27(26)41-2/h4-10,15-17,25H,11-14,18H2,1-3H3. The van der Waals surface area contributed by atoms with Crippen molar-refractivity contribution in [3.8, 4) is 11.5 Å². The highest BCUT2D eigenvalue weighted by atomic mass is 19.4. The van der Waals surface area contributed by atoms with Crippen molar-refractivity contribution in [2.45, 2.75) is 18.6 Å². The zero-order valence-electron chi connectivity index (χ0n) is 23.3. The summed E-state index contributed by atoms with van der Waals surface area (Å²) in [4.78, 5) is 23.1. The molecule has 0 saturated carbocycles. The first-order valence-electron chi connectivity index (χ1n) is 13.3. The van der Waals surface area contributed by atoms with E-state index >= 15 is 0 Å². The highest BCUT2D eigenvalue weighted by Crippen LogP contribution is 2.45. The minimum atomic E-state index is -4.64. The zero-order chi connectivity index (χ0) is 30.0. The van der Waals surface area contributed by atoms with E-state index in [1.54, 1.807) is 7.11 Å². The molecule has 2 heterocycles. The minimum Gasteiger partial charge on any atom is -0.497 e. The molecule has 12 heteroatoms. The van der Waals surface area contributed by atoms with Gasteiger partial charge in [0.25, 0.3) is 0 Å². The number of carbonyl (C=O) groups is 1. The van der Waals surface area contributed by atoms with Crippen LogP contribution in [0.25, 0.3) is 0 Å². The van der Waals surface area contributed by atoms with E-state index in [1.165, 1.54) is 43.4 Å². The highest BCUT2D eigenvalue weighted by Gasteiger charge is 2.40. The first kappa shape index (κ1) is 29.0. The van der Waals surface area contributed by atoms with E-state index in [0.717, 1.165) is 23.6 Å². The summed E-state index contributed by atoms with van der Waals surface area (Å²) < 4.78 is 72.0. The lowest BCUT2D eigenvalue weighted by Crippen LogP contribution is -2.55. The maximum Gasteiger partial charge on any atom is 0.416 e. The fraction of sp³-hybridized carbons (Fsp3) is 0.333. The Morgan fingerprint density at radius 1 is 0.929 bits per heavy atom. The van der Waals surface area contributed by atoms with Crippen molar-refractivity contribution in [1.82, 2.24) is 4.90 Å². The molecule has 0 bridgehead atoms. The Morgan fingerprint density at radius 2 is 1.67 bits per heavy atom. The number of anilines is 2. The van der Waals surface area contributed by atoms with E-state index in [-0.39, 0.29) is 17.9 Å². The number of fused-ring (bicyclic) bond motifs is 1. The van der Waals surface area contributed by atoms with Gasteiger partial charge in [-0.1, -0.05) is 6.07 Å². The van der Waals surface area contributed by atoms with Crippen LogP contribution in [0, 0.1) is 5.82 Å². The lowest BCUT2D eigenvalue weighted by molar-refractivity contribution is -0.141. The second-order valence-corrected chi connectivity index (χ2v) is 9.84. The van der Waals surface area contributed by atoms with Gasteiger partial charge in [0.05, 0.1) is 50.7 Å². The first-order chi connectivity index (χ1) is 20.1. The molecule has 0 N–H and O–H groups in total. The van der Waals surface area contributed by atoms with Crippen LogP contribution in [-0.4, -0.2) is 64.3 Å². The third-order valence-corrected chi connectivity index (χ3v) is 7.43. The fourth-order valence-electron chi connectivity index (χ4n) is 5.30. The molecule has 42 heavy (non-hydrogen) atoms. The Bertz CT molecular complexity index is 1490. The molecule has 2 aliphatic rings. The van der Waals surface area contributed by atoms with Crippen LogP contribution in [-0.2, 0) is 15.7 Å². The average molecular weight is 587 g/mol. The Kier molecular flexibility index (Phi) is 8.15. The molecule has 222 valence electrons. The van der Waals surface area contributed by atoms with Crippen LogP contribution in [0.15, 0.2) is 65.7 Å². The van der Waals surface area contributed by atoms with Crippen LogP contribution in [0.4, 0.5) is 34.6 Å². The number of alkyl halides is 3. The van der Waals surface area contributed by atoms with Crippen LogP contribution in [0.3, 0.4) is 0 Å². The van der Waals surface area contributed by atoms with E-state index in [0.29, 0.717) is 43.4 Å². The van der Waals surface area contributed by atoms with Crippen molar-refractivity contribution < 1.29 is 36.6 Å². The molecule has 5 rings (SSSR count). The summed E-state index contributed by atoms with van der Waals surface area (Å²) in [7, 11) is 4.17.